The van der Waals surface area contributed by atoms with Crippen molar-refractivity contribution >= 4 is 52.5 Å². The lowest BCUT2D eigenvalue weighted by Crippen LogP contribution is -2.54. The Bertz CT molecular complexity index is 971. The van der Waals surface area contributed by atoms with Crippen LogP contribution in [0.15, 0.2) is 48.0 Å². The Hall–Kier alpha value is -2.70. The molecule has 0 unspecified atom stereocenters. The molecule has 0 aliphatic carbocycles. The Morgan fingerprint density at radius 3 is 2.67 bits per heavy atom. The maximum absolute atomic E-state index is 13.0. The summed E-state index contributed by atoms with van der Waals surface area (Å²) < 4.78 is 5.40. The number of carbonyl (C=O) groups excluding carboxylic acids is 2. The average Bonchev–Trinajstić information content (AvgIpc) is 2.61. The normalized spacial score (nSPS) is 15.9. The minimum Gasteiger partial charge on any atom is -0.492 e. The van der Waals surface area contributed by atoms with Gasteiger partial charge in [-0.15, -0.1) is 0 Å². The van der Waals surface area contributed by atoms with E-state index in [1.165, 1.54) is 11.0 Å². The molecule has 138 valence electrons. The number of rotatable bonds is 4. The van der Waals surface area contributed by atoms with Crippen LogP contribution in [0, 0.1) is 6.92 Å². The van der Waals surface area contributed by atoms with Gasteiger partial charge >= 0.3 is 0 Å². The first-order valence-electron chi connectivity index (χ1n) is 8.31. The van der Waals surface area contributed by atoms with Crippen molar-refractivity contribution in [2.24, 2.45) is 0 Å². The summed E-state index contributed by atoms with van der Waals surface area (Å²) >= 11 is 11.4. The lowest BCUT2D eigenvalue weighted by atomic mass is 10.1. The third-order valence-corrected chi connectivity index (χ3v) is 4.51. The zero-order valence-corrected chi connectivity index (χ0v) is 16.4. The van der Waals surface area contributed by atoms with Crippen LogP contribution in [-0.2, 0) is 9.59 Å². The molecule has 3 rings (SSSR count). The summed E-state index contributed by atoms with van der Waals surface area (Å²) in [5.74, 6) is -0.485. The number of ether oxygens (including phenoxy) is 1. The van der Waals surface area contributed by atoms with Gasteiger partial charge in [0.1, 0.15) is 11.3 Å². The largest absolute Gasteiger partial charge is 0.492 e. The summed E-state index contributed by atoms with van der Waals surface area (Å²) in [6, 6.07) is 12.4. The Balaban J connectivity index is 1.98. The number of anilines is 1. The number of hydrogen-bond acceptors (Lipinski definition) is 4. The third kappa shape index (κ3) is 4.02. The molecule has 1 saturated heterocycles. The van der Waals surface area contributed by atoms with Crippen LogP contribution in [0.4, 0.5) is 5.69 Å². The van der Waals surface area contributed by atoms with E-state index in [0.717, 1.165) is 5.56 Å². The topological polar surface area (TPSA) is 58.6 Å². The standard InChI is InChI=1S/C20H17ClN2O3S/c1-3-26-17-8-7-13(11-16(17)21)10-15-18(24)22-20(27)23(19(15)25)14-6-4-5-12(2)9-14/h4-11H,3H2,1-2H3,(H,22,24,27)/b15-10+. The highest BCUT2D eigenvalue weighted by Crippen LogP contribution is 2.28. The zero-order chi connectivity index (χ0) is 19.6. The van der Waals surface area contributed by atoms with Gasteiger partial charge in [0.2, 0.25) is 0 Å². The van der Waals surface area contributed by atoms with E-state index in [-0.39, 0.29) is 10.7 Å². The average molecular weight is 401 g/mol. The molecule has 2 aromatic carbocycles. The molecule has 1 N–H and O–H groups in total. The van der Waals surface area contributed by atoms with Crippen molar-refractivity contribution in [3.63, 3.8) is 0 Å². The Labute approximate surface area is 167 Å². The predicted octanol–water partition coefficient (Wildman–Crippen LogP) is 3.88. The molecular weight excluding hydrogens is 384 g/mol. The molecular formula is C20H17ClN2O3S. The summed E-state index contributed by atoms with van der Waals surface area (Å²) in [6.45, 7) is 4.27. The van der Waals surface area contributed by atoms with E-state index >= 15 is 0 Å². The molecule has 0 atom stereocenters. The summed E-state index contributed by atoms with van der Waals surface area (Å²) in [7, 11) is 0. The minimum absolute atomic E-state index is 0.0228. The van der Waals surface area contributed by atoms with Gasteiger partial charge in [-0.05, 0) is 67.5 Å². The highest BCUT2D eigenvalue weighted by atomic mass is 35.5. The van der Waals surface area contributed by atoms with E-state index < -0.39 is 11.8 Å². The fourth-order valence-corrected chi connectivity index (χ4v) is 3.23. The van der Waals surface area contributed by atoms with Crippen LogP contribution < -0.4 is 15.0 Å². The fraction of sp³-hybridized carbons (Fsp3) is 0.150. The molecule has 1 fully saturated rings. The molecule has 27 heavy (non-hydrogen) atoms. The van der Waals surface area contributed by atoms with Crippen LogP contribution in [0.3, 0.4) is 0 Å². The van der Waals surface area contributed by atoms with Gasteiger partial charge in [-0.1, -0.05) is 29.8 Å². The van der Waals surface area contributed by atoms with Gasteiger partial charge in [0.15, 0.2) is 5.11 Å². The number of halogens is 1. The molecule has 0 spiro atoms. The number of benzene rings is 2. The number of thiocarbonyl (C=S) groups is 1. The van der Waals surface area contributed by atoms with Crippen molar-refractivity contribution in [2.45, 2.75) is 13.8 Å². The zero-order valence-electron chi connectivity index (χ0n) is 14.8. The quantitative estimate of drug-likeness (QED) is 0.480. The predicted molar refractivity (Wildman–Crippen MR) is 110 cm³/mol. The smallest absolute Gasteiger partial charge is 0.270 e. The number of hydrogen-bond donors (Lipinski definition) is 1. The maximum atomic E-state index is 13.0. The SMILES string of the molecule is CCOc1ccc(/C=C2\C(=O)NC(=S)N(c3cccc(C)c3)C2=O)cc1Cl. The number of amides is 2. The van der Waals surface area contributed by atoms with Crippen molar-refractivity contribution < 1.29 is 14.3 Å². The summed E-state index contributed by atoms with van der Waals surface area (Å²) in [5.41, 5.74) is 2.16. The highest BCUT2D eigenvalue weighted by molar-refractivity contribution is 7.80. The van der Waals surface area contributed by atoms with Crippen LogP contribution >= 0.6 is 23.8 Å². The van der Waals surface area contributed by atoms with Crippen LogP contribution in [0.2, 0.25) is 5.02 Å². The van der Waals surface area contributed by atoms with E-state index in [9.17, 15) is 9.59 Å². The molecule has 1 heterocycles. The second-order valence-corrected chi connectivity index (χ2v) is 6.71. The lowest BCUT2D eigenvalue weighted by Gasteiger charge is -2.29. The van der Waals surface area contributed by atoms with Gasteiger partial charge in [0, 0.05) is 0 Å². The van der Waals surface area contributed by atoms with Gasteiger partial charge in [-0.3, -0.25) is 19.8 Å². The number of carbonyl (C=O) groups is 2. The molecule has 5 nitrogen and oxygen atoms in total. The molecule has 1 aliphatic heterocycles. The van der Waals surface area contributed by atoms with Crippen LogP contribution in [0.25, 0.3) is 6.08 Å². The van der Waals surface area contributed by atoms with Gasteiger partial charge in [-0.2, -0.15) is 0 Å². The number of aryl methyl sites for hydroxylation is 1. The molecule has 0 saturated carbocycles. The summed E-state index contributed by atoms with van der Waals surface area (Å²) in [5, 5.41) is 3.02. The maximum Gasteiger partial charge on any atom is 0.270 e. The lowest BCUT2D eigenvalue weighted by molar-refractivity contribution is -0.122. The monoisotopic (exact) mass is 400 g/mol. The van der Waals surface area contributed by atoms with Gasteiger partial charge in [0.25, 0.3) is 11.8 Å². The second-order valence-electron chi connectivity index (χ2n) is 5.92. The molecule has 0 bridgehead atoms. The van der Waals surface area contributed by atoms with E-state index in [1.807, 2.05) is 32.0 Å². The third-order valence-electron chi connectivity index (χ3n) is 3.93. The van der Waals surface area contributed by atoms with E-state index in [4.69, 9.17) is 28.6 Å². The van der Waals surface area contributed by atoms with Crippen LogP contribution in [0.1, 0.15) is 18.1 Å². The first-order valence-corrected chi connectivity index (χ1v) is 9.10. The molecule has 0 radical (unpaired) electrons. The number of nitrogens with zero attached hydrogens (tertiary/aromatic N) is 1. The molecule has 1 aliphatic rings. The van der Waals surface area contributed by atoms with Crippen molar-refractivity contribution in [2.75, 3.05) is 11.5 Å². The highest BCUT2D eigenvalue weighted by Gasteiger charge is 2.34. The molecule has 2 amide bonds. The van der Waals surface area contributed by atoms with Gasteiger partial charge < -0.3 is 4.74 Å². The van der Waals surface area contributed by atoms with Crippen molar-refractivity contribution in [3.8, 4) is 5.75 Å². The molecule has 2 aromatic rings. The second kappa shape index (κ2) is 7.90. The van der Waals surface area contributed by atoms with E-state index in [0.29, 0.717) is 28.6 Å². The molecule has 0 aromatic heterocycles. The van der Waals surface area contributed by atoms with Gasteiger partial charge in [-0.25, -0.2) is 0 Å². The van der Waals surface area contributed by atoms with Crippen LogP contribution in [-0.4, -0.2) is 23.5 Å². The van der Waals surface area contributed by atoms with Crippen molar-refractivity contribution in [1.82, 2.24) is 5.32 Å². The van der Waals surface area contributed by atoms with Crippen molar-refractivity contribution in [3.05, 3.63) is 64.2 Å². The fourth-order valence-electron chi connectivity index (χ4n) is 2.71. The number of nitrogens with one attached hydrogen (secondary N) is 1. The molecule has 7 heteroatoms. The first kappa shape index (κ1) is 19.1. The van der Waals surface area contributed by atoms with E-state index in [1.54, 1.807) is 24.3 Å². The van der Waals surface area contributed by atoms with E-state index in [2.05, 4.69) is 5.32 Å². The van der Waals surface area contributed by atoms with Crippen molar-refractivity contribution in [1.29, 1.82) is 0 Å². The summed E-state index contributed by atoms with van der Waals surface area (Å²) in [4.78, 5) is 26.6. The van der Waals surface area contributed by atoms with Gasteiger partial charge in [0.05, 0.1) is 17.3 Å². The Morgan fingerprint density at radius 1 is 1.22 bits per heavy atom. The van der Waals surface area contributed by atoms with Crippen LogP contribution in [0.5, 0.6) is 5.75 Å². The first-order chi connectivity index (χ1) is 12.9. The Kier molecular flexibility index (Phi) is 5.58. The summed E-state index contributed by atoms with van der Waals surface area (Å²) in [6.07, 6.45) is 1.49. The Morgan fingerprint density at radius 2 is 2.00 bits per heavy atom. The minimum atomic E-state index is -0.543.